The van der Waals surface area contributed by atoms with Crippen LogP contribution < -0.4 is 0 Å². The normalized spacial score (nSPS) is 38.3. The first-order chi connectivity index (χ1) is 6.49. The average Bonchev–Trinajstić information content (AvgIpc) is 2.02. The van der Waals surface area contributed by atoms with Crippen molar-refractivity contribution in [1.29, 1.82) is 0 Å². The lowest BCUT2D eigenvalue weighted by Gasteiger charge is -2.43. The summed E-state index contributed by atoms with van der Waals surface area (Å²) in [4.78, 5) is 0. The lowest BCUT2D eigenvalue weighted by atomic mass is 9.67. The monoisotopic (exact) mass is 198 g/mol. The highest BCUT2D eigenvalue weighted by atomic mass is 16.3. The van der Waals surface area contributed by atoms with Crippen molar-refractivity contribution in [3.05, 3.63) is 12.2 Å². The molecular formula is C12H22O2. The fourth-order valence-corrected chi connectivity index (χ4v) is 2.74. The quantitative estimate of drug-likeness (QED) is 0.682. The molecule has 0 saturated heterocycles. The van der Waals surface area contributed by atoms with Crippen molar-refractivity contribution in [2.45, 2.75) is 45.1 Å². The van der Waals surface area contributed by atoms with E-state index in [9.17, 15) is 5.11 Å². The molecule has 0 bridgehead atoms. The van der Waals surface area contributed by atoms with Gasteiger partial charge in [0, 0.05) is 12.5 Å². The van der Waals surface area contributed by atoms with Gasteiger partial charge in [-0.1, -0.05) is 19.1 Å². The van der Waals surface area contributed by atoms with Crippen LogP contribution >= 0.6 is 0 Å². The maximum absolute atomic E-state index is 10.5. The van der Waals surface area contributed by atoms with E-state index in [-0.39, 0.29) is 12.5 Å². The van der Waals surface area contributed by atoms with Crippen LogP contribution in [0.25, 0.3) is 0 Å². The van der Waals surface area contributed by atoms with Crippen molar-refractivity contribution >= 4 is 0 Å². The van der Waals surface area contributed by atoms with Crippen molar-refractivity contribution < 1.29 is 10.2 Å². The van der Waals surface area contributed by atoms with E-state index < -0.39 is 5.60 Å². The fraction of sp³-hybridized carbons (Fsp3) is 0.833. The molecule has 0 aromatic rings. The molecule has 1 rings (SSSR count). The van der Waals surface area contributed by atoms with Gasteiger partial charge in [-0.2, -0.15) is 0 Å². The zero-order valence-electron chi connectivity index (χ0n) is 9.29. The van der Waals surface area contributed by atoms with Gasteiger partial charge in [-0.25, -0.2) is 0 Å². The highest BCUT2D eigenvalue weighted by Crippen LogP contribution is 2.42. The number of hydrogen-bond acceptors (Lipinski definition) is 2. The largest absolute Gasteiger partial charge is 0.396 e. The van der Waals surface area contributed by atoms with Gasteiger partial charge in [0.05, 0.1) is 5.60 Å². The Morgan fingerprint density at radius 2 is 2.14 bits per heavy atom. The summed E-state index contributed by atoms with van der Waals surface area (Å²) in [7, 11) is 0. The molecule has 0 amide bonds. The number of aliphatic hydroxyl groups excluding tert-OH is 1. The standard InChI is InChI=1S/C12H22O2/c1-9(2)11-5-4-10(3)8-12(11,14)6-7-13/h10-11,13-14H,1,4-8H2,2-3H3/t10-,11+,12+/m1/s1. The van der Waals surface area contributed by atoms with E-state index in [4.69, 9.17) is 5.11 Å². The van der Waals surface area contributed by atoms with Crippen LogP contribution in [-0.2, 0) is 0 Å². The molecule has 1 fully saturated rings. The smallest absolute Gasteiger partial charge is 0.0736 e. The Balaban J connectivity index is 2.77. The third kappa shape index (κ3) is 2.37. The summed E-state index contributed by atoms with van der Waals surface area (Å²) in [5.74, 6) is 0.730. The zero-order chi connectivity index (χ0) is 10.8. The molecule has 2 N–H and O–H groups in total. The van der Waals surface area contributed by atoms with E-state index in [1.807, 2.05) is 6.92 Å². The van der Waals surface area contributed by atoms with Gasteiger partial charge in [0.15, 0.2) is 0 Å². The lowest BCUT2D eigenvalue weighted by Crippen LogP contribution is -2.44. The van der Waals surface area contributed by atoms with E-state index >= 15 is 0 Å². The van der Waals surface area contributed by atoms with Crippen LogP contribution in [-0.4, -0.2) is 22.4 Å². The minimum Gasteiger partial charge on any atom is -0.396 e. The zero-order valence-corrected chi connectivity index (χ0v) is 9.29. The third-order valence-corrected chi connectivity index (χ3v) is 3.44. The van der Waals surface area contributed by atoms with Crippen LogP contribution in [0.2, 0.25) is 0 Å². The molecular weight excluding hydrogens is 176 g/mol. The van der Waals surface area contributed by atoms with Gasteiger partial charge in [-0.15, -0.1) is 0 Å². The van der Waals surface area contributed by atoms with Crippen molar-refractivity contribution in [3.8, 4) is 0 Å². The van der Waals surface area contributed by atoms with E-state index in [2.05, 4.69) is 13.5 Å². The van der Waals surface area contributed by atoms with Crippen LogP contribution in [0.15, 0.2) is 12.2 Å². The predicted molar refractivity (Wildman–Crippen MR) is 58.0 cm³/mol. The summed E-state index contributed by atoms with van der Waals surface area (Å²) < 4.78 is 0. The first-order valence-electron chi connectivity index (χ1n) is 5.48. The van der Waals surface area contributed by atoms with Crippen molar-refractivity contribution in [2.24, 2.45) is 11.8 Å². The molecule has 0 aliphatic heterocycles. The Kier molecular flexibility index (Phi) is 3.73. The molecule has 82 valence electrons. The molecule has 0 aromatic carbocycles. The van der Waals surface area contributed by atoms with Crippen molar-refractivity contribution in [3.63, 3.8) is 0 Å². The maximum atomic E-state index is 10.5. The van der Waals surface area contributed by atoms with Crippen molar-refractivity contribution in [1.82, 2.24) is 0 Å². The van der Waals surface area contributed by atoms with Gasteiger partial charge in [-0.3, -0.25) is 0 Å². The van der Waals surface area contributed by atoms with Gasteiger partial charge >= 0.3 is 0 Å². The summed E-state index contributed by atoms with van der Waals surface area (Å²) in [5, 5.41) is 19.4. The molecule has 1 aliphatic rings. The highest BCUT2D eigenvalue weighted by molar-refractivity contribution is 5.08. The van der Waals surface area contributed by atoms with Gasteiger partial charge in [0.1, 0.15) is 0 Å². The van der Waals surface area contributed by atoms with Gasteiger partial charge < -0.3 is 10.2 Å². The maximum Gasteiger partial charge on any atom is 0.0736 e. The molecule has 0 spiro atoms. The summed E-state index contributed by atoms with van der Waals surface area (Å²) in [6.45, 7) is 8.14. The Morgan fingerprint density at radius 3 is 2.64 bits per heavy atom. The Morgan fingerprint density at radius 1 is 1.50 bits per heavy atom. The predicted octanol–water partition coefficient (Wildman–Crippen LogP) is 2.11. The number of aliphatic hydroxyl groups is 2. The first-order valence-corrected chi connectivity index (χ1v) is 5.48. The highest BCUT2D eigenvalue weighted by Gasteiger charge is 2.40. The molecule has 2 heteroatoms. The van der Waals surface area contributed by atoms with Crippen LogP contribution in [0.3, 0.4) is 0 Å². The van der Waals surface area contributed by atoms with E-state index in [1.54, 1.807) is 0 Å². The molecule has 2 nitrogen and oxygen atoms in total. The number of hydrogen-bond donors (Lipinski definition) is 2. The van der Waals surface area contributed by atoms with E-state index in [1.165, 1.54) is 0 Å². The minimum absolute atomic E-state index is 0.0625. The van der Waals surface area contributed by atoms with Gasteiger partial charge in [-0.05, 0) is 38.5 Å². The minimum atomic E-state index is -0.710. The van der Waals surface area contributed by atoms with Gasteiger partial charge in [0.25, 0.3) is 0 Å². The molecule has 1 aliphatic carbocycles. The molecule has 14 heavy (non-hydrogen) atoms. The Bertz CT molecular complexity index is 212. The Labute approximate surface area is 86.6 Å². The first kappa shape index (κ1) is 11.7. The van der Waals surface area contributed by atoms with Crippen LogP contribution in [0.4, 0.5) is 0 Å². The van der Waals surface area contributed by atoms with E-state index in [0.717, 1.165) is 24.8 Å². The molecule has 1 saturated carbocycles. The molecule has 0 heterocycles. The molecule has 0 unspecified atom stereocenters. The SMILES string of the molecule is C=C(C)[C@@H]1CC[C@@H](C)C[C@@]1(O)CCO. The summed E-state index contributed by atoms with van der Waals surface area (Å²) in [6, 6.07) is 0. The second-order valence-electron chi connectivity index (χ2n) is 4.86. The lowest BCUT2D eigenvalue weighted by molar-refractivity contribution is -0.0648. The topological polar surface area (TPSA) is 40.5 Å². The van der Waals surface area contributed by atoms with Crippen LogP contribution in [0.1, 0.15) is 39.5 Å². The average molecular weight is 198 g/mol. The van der Waals surface area contributed by atoms with Crippen LogP contribution in [0, 0.1) is 11.8 Å². The van der Waals surface area contributed by atoms with Crippen LogP contribution in [0.5, 0.6) is 0 Å². The Hall–Kier alpha value is -0.340. The third-order valence-electron chi connectivity index (χ3n) is 3.44. The molecule has 0 radical (unpaired) electrons. The second kappa shape index (κ2) is 4.45. The summed E-state index contributed by atoms with van der Waals surface area (Å²) >= 11 is 0. The number of rotatable bonds is 3. The second-order valence-corrected chi connectivity index (χ2v) is 4.86. The molecule has 0 aromatic heterocycles. The molecule has 3 atom stereocenters. The summed E-state index contributed by atoms with van der Waals surface area (Å²) in [5.41, 5.74) is 0.339. The van der Waals surface area contributed by atoms with Gasteiger partial charge in [0.2, 0.25) is 0 Å². The fourth-order valence-electron chi connectivity index (χ4n) is 2.74. The van der Waals surface area contributed by atoms with Crippen molar-refractivity contribution in [2.75, 3.05) is 6.61 Å². The summed E-state index contributed by atoms with van der Waals surface area (Å²) in [6.07, 6.45) is 3.44. The van der Waals surface area contributed by atoms with E-state index in [0.29, 0.717) is 12.3 Å².